The van der Waals surface area contributed by atoms with E-state index in [1.54, 1.807) is 12.1 Å². The summed E-state index contributed by atoms with van der Waals surface area (Å²) in [5, 5.41) is 11.9. The molecule has 4 aliphatic carbocycles. The van der Waals surface area contributed by atoms with E-state index in [0.29, 0.717) is 35.8 Å². The lowest BCUT2D eigenvalue weighted by Crippen LogP contribution is -2.70. The molecular formula is C31H36N4O2. The molecule has 2 aromatic rings. The number of piperidine rings is 1. The quantitative estimate of drug-likeness (QED) is 0.618. The van der Waals surface area contributed by atoms with Crippen LogP contribution >= 0.6 is 0 Å². The van der Waals surface area contributed by atoms with Crippen molar-refractivity contribution >= 4 is 11.8 Å². The summed E-state index contributed by atoms with van der Waals surface area (Å²) >= 11 is 0. The van der Waals surface area contributed by atoms with Gasteiger partial charge in [0.25, 0.3) is 0 Å². The zero-order valence-electron chi connectivity index (χ0n) is 21.5. The van der Waals surface area contributed by atoms with Crippen molar-refractivity contribution in [2.24, 2.45) is 16.7 Å². The molecule has 37 heavy (non-hydrogen) atoms. The normalized spacial score (nSPS) is 28.0. The Kier molecular flexibility index (Phi) is 6.06. The minimum Gasteiger partial charge on any atom is -0.350 e. The standard InChI is InChI=1S/C31H36N4O2/c32-17-24-6-7-26(33-18-24)19-34-27(36)16-23-8-10-29(11-9-23)12-14-35(15-13-29)28(37)31-20-30(21-31,22-31)25-4-2-1-3-5-25/h1-7,18,23H,8-16,19-22H2,(H,34,36). The Labute approximate surface area is 219 Å². The highest BCUT2D eigenvalue weighted by Gasteiger charge is 2.72. The molecule has 5 fully saturated rings. The van der Waals surface area contributed by atoms with Crippen LogP contribution in [0.5, 0.6) is 0 Å². The molecule has 1 aliphatic heterocycles. The highest BCUT2D eigenvalue weighted by atomic mass is 16.2. The molecule has 0 atom stereocenters. The van der Waals surface area contributed by atoms with Crippen LogP contribution in [0.4, 0.5) is 0 Å². The maximum atomic E-state index is 13.4. The number of carbonyl (C=O) groups excluding carboxylic acids is 2. The lowest BCUT2D eigenvalue weighted by Gasteiger charge is -2.70. The zero-order chi connectivity index (χ0) is 25.5. The topological polar surface area (TPSA) is 86.1 Å². The van der Waals surface area contributed by atoms with Gasteiger partial charge in [-0.1, -0.05) is 30.3 Å². The number of amides is 2. The van der Waals surface area contributed by atoms with Crippen molar-refractivity contribution < 1.29 is 9.59 Å². The second-order valence-electron chi connectivity index (χ2n) is 12.3. The van der Waals surface area contributed by atoms with E-state index in [0.717, 1.165) is 63.7 Å². The summed E-state index contributed by atoms with van der Waals surface area (Å²) in [4.78, 5) is 32.3. The number of hydrogen-bond acceptors (Lipinski definition) is 4. The highest BCUT2D eigenvalue weighted by molar-refractivity contribution is 5.87. The third-order valence-electron chi connectivity index (χ3n) is 10.0. The van der Waals surface area contributed by atoms with Gasteiger partial charge in [-0.05, 0) is 92.2 Å². The van der Waals surface area contributed by atoms with Gasteiger partial charge in [0.15, 0.2) is 0 Å². The fourth-order valence-corrected chi connectivity index (χ4v) is 7.74. The van der Waals surface area contributed by atoms with Crippen molar-refractivity contribution in [1.29, 1.82) is 5.26 Å². The summed E-state index contributed by atoms with van der Waals surface area (Å²) < 4.78 is 0. The van der Waals surface area contributed by atoms with Gasteiger partial charge < -0.3 is 10.2 Å². The number of nitrogens with zero attached hydrogens (tertiary/aromatic N) is 3. The summed E-state index contributed by atoms with van der Waals surface area (Å²) in [7, 11) is 0. The Bertz CT molecular complexity index is 1180. The third-order valence-corrected chi connectivity index (χ3v) is 10.0. The molecule has 1 spiro atoms. The second kappa shape index (κ2) is 9.28. The predicted molar refractivity (Wildman–Crippen MR) is 140 cm³/mol. The van der Waals surface area contributed by atoms with E-state index in [9.17, 15) is 9.59 Å². The number of benzene rings is 1. The van der Waals surface area contributed by atoms with E-state index in [2.05, 4.69) is 51.6 Å². The Morgan fingerprint density at radius 3 is 2.32 bits per heavy atom. The molecule has 6 heteroatoms. The number of hydrogen-bond donors (Lipinski definition) is 1. The predicted octanol–water partition coefficient (Wildman–Crippen LogP) is 4.88. The second-order valence-corrected chi connectivity index (χ2v) is 12.3. The summed E-state index contributed by atoms with van der Waals surface area (Å²) in [5.74, 6) is 0.941. The highest BCUT2D eigenvalue weighted by Crippen LogP contribution is 2.74. The SMILES string of the molecule is N#Cc1ccc(CNC(=O)CC2CCC3(CC2)CCN(C(=O)C24CC(c5ccccc5)(C2)C4)CC3)nc1. The van der Waals surface area contributed by atoms with E-state index < -0.39 is 0 Å². The molecule has 1 aromatic heterocycles. The van der Waals surface area contributed by atoms with Crippen LogP contribution in [0, 0.1) is 28.1 Å². The largest absolute Gasteiger partial charge is 0.350 e. The van der Waals surface area contributed by atoms with Gasteiger partial charge in [0, 0.05) is 25.7 Å². The van der Waals surface area contributed by atoms with Gasteiger partial charge >= 0.3 is 0 Å². The minimum absolute atomic E-state index is 0.0708. The van der Waals surface area contributed by atoms with Gasteiger partial charge in [0.05, 0.1) is 23.2 Å². The fourth-order valence-electron chi connectivity index (χ4n) is 7.74. The van der Waals surface area contributed by atoms with Crippen molar-refractivity contribution in [1.82, 2.24) is 15.2 Å². The van der Waals surface area contributed by atoms with Crippen LogP contribution in [-0.2, 0) is 21.5 Å². The number of carbonyl (C=O) groups is 2. The van der Waals surface area contributed by atoms with Crippen molar-refractivity contribution in [3.8, 4) is 6.07 Å². The summed E-state index contributed by atoms with van der Waals surface area (Å²) in [6.07, 6.45) is 12.0. The van der Waals surface area contributed by atoms with Gasteiger partial charge in [-0.15, -0.1) is 0 Å². The smallest absolute Gasteiger partial charge is 0.228 e. The molecule has 0 unspecified atom stereocenters. The van der Waals surface area contributed by atoms with E-state index in [4.69, 9.17) is 5.26 Å². The van der Waals surface area contributed by atoms with Crippen LogP contribution in [0.3, 0.4) is 0 Å². The third kappa shape index (κ3) is 4.43. The van der Waals surface area contributed by atoms with E-state index in [1.165, 1.54) is 24.6 Å². The Balaban J connectivity index is 0.926. The first-order valence-corrected chi connectivity index (χ1v) is 13.9. The monoisotopic (exact) mass is 496 g/mol. The molecule has 1 N–H and O–H groups in total. The van der Waals surface area contributed by atoms with Crippen molar-refractivity contribution in [3.05, 3.63) is 65.5 Å². The molecule has 5 aliphatic rings. The number of pyridine rings is 1. The molecule has 1 aromatic carbocycles. The maximum Gasteiger partial charge on any atom is 0.228 e. The molecule has 2 heterocycles. The molecule has 192 valence electrons. The van der Waals surface area contributed by atoms with Crippen LogP contribution in [0.2, 0.25) is 0 Å². The summed E-state index contributed by atoms with van der Waals surface area (Å²) in [6.45, 7) is 2.21. The van der Waals surface area contributed by atoms with Crippen LogP contribution in [0.1, 0.15) is 81.0 Å². The Morgan fingerprint density at radius 2 is 1.70 bits per heavy atom. The number of nitriles is 1. The zero-order valence-corrected chi connectivity index (χ0v) is 21.5. The van der Waals surface area contributed by atoms with Gasteiger partial charge in [-0.25, -0.2) is 0 Å². The number of nitrogens with one attached hydrogen (secondary N) is 1. The minimum atomic E-state index is -0.0708. The lowest BCUT2D eigenvalue weighted by molar-refractivity contribution is -0.189. The number of likely N-dealkylation sites (tertiary alicyclic amines) is 1. The van der Waals surface area contributed by atoms with Crippen LogP contribution in [-0.4, -0.2) is 34.8 Å². The maximum absolute atomic E-state index is 13.4. The molecular weight excluding hydrogens is 460 g/mol. The van der Waals surface area contributed by atoms with Crippen molar-refractivity contribution in [2.45, 2.75) is 76.2 Å². The molecule has 6 nitrogen and oxygen atoms in total. The Hall–Kier alpha value is -3.20. The summed E-state index contributed by atoms with van der Waals surface area (Å²) in [6, 6.07) is 16.3. The van der Waals surface area contributed by atoms with Crippen molar-refractivity contribution in [3.63, 3.8) is 0 Å². The van der Waals surface area contributed by atoms with Crippen LogP contribution in [0.15, 0.2) is 48.7 Å². The molecule has 4 saturated carbocycles. The van der Waals surface area contributed by atoms with Gasteiger partial charge in [-0.2, -0.15) is 5.26 Å². The van der Waals surface area contributed by atoms with Gasteiger partial charge in [0.1, 0.15) is 6.07 Å². The van der Waals surface area contributed by atoms with E-state index >= 15 is 0 Å². The number of aromatic nitrogens is 1. The molecule has 2 amide bonds. The molecule has 1 saturated heterocycles. The van der Waals surface area contributed by atoms with E-state index in [1.807, 2.05) is 0 Å². The lowest BCUT2D eigenvalue weighted by atomic mass is 9.33. The summed E-state index contributed by atoms with van der Waals surface area (Å²) in [5.41, 5.74) is 3.28. The van der Waals surface area contributed by atoms with E-state index in [-0.39, 0.29) is 16.7 Å². The average Bonchev–Trinajstić information content (AvgIpc) is 2.89. The first kappa shape index (κ1) is 24.2. The fraction of sp³-hybridized carbons (Fsp3) is 0.548. The first-order chi connectivity index (χ1) is 17.9. The molecule has 0 radical (unpaired) electrons. The van der Waals surface area contributed by atoms with Crippen molar-refractivity contribution in [2.75, 3.05) is 13.1 Å². The van der Waals surface area contributed by atoms with Crippen LogP contribution in [0.25, 0.3) is 0 Å². The van der Waals surface area contributed by atoms with Crippen LogP contribution < -0.4 is 5.32 Å². The molecule has 7 rings (SSSR count). The Morgan fingerprint density at radius 1 is 1.00 bits per heavy atom. The number of rotatable bonds is 6. The average molecular weight is 497 g/mol. The van der Waals surface area contributed by atoms with Gasteiger partial charge in [-0.3, -0.25) is 14.6 Å². The first-order valence-electron chi connectivity index (χ1n) is 13.9. The van der Waals surface area contributed by atoms with Gasteiger partial charge in [0.2, 0.25) is 11.8 Å². The molecule has 2 bridgehead atoms.